The second-order valence-corrected chi connectivity index (χ2v) is 5.66. The topological polar surface area (TPSA) is 32.7 Å². The maximum Gasteiger partial charge on any atom is 0.0594 e. The molecule has 0 spiro atoms. The summed E-state index contributed by atoms with van der Waals surface area (Å²) in [7, 11) is 0. The predicted molar refractivity (Wildman–Crippen MR) is 69.0 cm³/mol. The number of rotatable bonds is 4. The third-order valence-electron chi connectivity index (χ3n) is 4.55. The highest BCUT2D eigenvalue weighted by molar-refractivity contribution is 4.80. The number of aliphatic hydroxyl groups is 1. The molecule has 3 heteroatoms. The summed E-state index contributed by atoms with van der Waals surface area (Å²) in [5.41, 5.74) is 0. The molecule has 0 amide bonds. The Morgan fingerprint density at radius 3 is 2.71 bits per heavy atom. The molecule has 0 bridgehead atoms. The van der Waals surface area contributed by atoms with E-state index in [1.807, 2.05) is 0 Å². The molecule has 0 aromatic heterocycles. The highest BCUT2D eigenvalue weighted by atomic mass is 16.5. The van der Waals surface area contributed by atoms with E-state index in [1.165, 1.54) is 19.3 Å². The van der Waals surface area contributed by atoms with Crippen molar-refractivity contribution in [1.29, 1.82) is 0 Å². The fraction of sp³-hybridized carbons (Fsp3) is 1.00. The van der Waals surface area contributed by atoms with Gasteiger partial charge in [-0.3, -0.25) is 4.90 Å². The van der Waals surface area contributed by atoms with Gasteiger partial charge < -0.3 is 9.84 Å². The first-order valence-electron chi connectivity index (χ1n) is 7.27. The summed E-state index contributed by atoms with van der Waals surface area (Å²) < 4.78 is 5.36. The van der Waals surface area contributed by atoms with Crippen LogP contribution in [0.4, 0.5) is 0 Å². The van der Waals surface area contributed by atoms with Crippen LogP contribution in [0, 0.1) is 11.8 Å². The summed E-state index contributed by atoms with van der Waals surface area (Å²) in [6, 6.07) is 0. The van der Waals surface area contributed by atoms with Crippen LogP contribution < -0.4 is 0 Å². The smallest absolute Gasteiger partial charge is 0.0594 e. The zero-order valence-corrected chi connectivity index (χ0v) is 11.1. The molecule has 1 saturated carbocycles. The van der Waals surface area contributed by atoms with Crippen molar-refractivity contribution in [1.82, 2.24) is 4.90 Å². The fourth-order valence-electron chi connectivity index (χ4n) is 3.20. The molecule has 2 rings (SSSR count). The minimum Gasteiger partial charge on any atom is -0.393 e. The Kier molecular flexibility index (Phi) is 5.26. The molecule has 0 aromatic rings. The number of morpholine rings is 1. The second-order valence-electron chi connectivity index (χ2n) is 5.66. The first-order valence-corrected chi connectivity index (χ1v) is 7.27. The van der Waals surface area contributed by atoms with Crippen LogP contribution >= 0.6 is 0 Å². The summed E-state index contributed by atoms with van der Waals surface area (Å²) >= 11 is 0. The monoisotopic (exact) mass is 241 g/mol. The van der Waals surface area contributed by atoms with Gasteiger partial charge in [0, 0.05) is 13.1 Å². The van der Waals surface area contributed by atoms with Gasteiger partial charge in [0.05, 0.1) is 19.3 Å². The van der Waals surface area contributed by atoms with Crippen LogP contribution in [-0.4, -0.2) is 49.0 Å². The first kappa shape index (κ1) is 13.3. The van der Waals surface area contributed by atoms with E-state index in [-0.39, 0.29) is 6.10 Å². The molecule has 2 aliphatic rings. The molecule has 17 heavy (non-hydrogen) atoms. The molecular weight excluding hydrogens is 214 g/mol. The number of ether oxygens (including phenoxy) is 1. The lowest BCUT2D eigenvalue weighted by molar-refractivity contribution is 0.0147. The Morgan fingerprint density at radius 2 is 2.00 bits per heavy atom. The third-order valence-corrected chi connectivity index (χ3v) is 4.55. The van der Waals surface area contributed by atoms with Gasteiger partial charge in [0.25, 0.3) is 0 Å². The normalized spacial score (nSPS) is 36.0. The largest absolute Gasteiger partial charge is 0.393 e. The molecule has 0 radical (unpaired) electrons. The Bertz CT molecular complexity index is 216. The Labute approximate surface area is 105 Å². The Hall–Kier alpha value is -0.120. The zero-order chi connectivity index (χ0) is 12.1. The summed E-state index contributed by atoms with van der Waals surface area (Å²) in [5, 5.41) is 10.1. The van der Waals surface area contributed by atoms with Crippen molar-refractivity contribution in [3.05, 3.63) is 0 Å². The molecule has 100 valence electrons. The molecule has 3 unspecified atom stereocenters. The molecule has 1 N–H and O–H groups in total. The average molecular weight is 241 g/mol. The highest BCUT2D eigenvalue weighted by Gasteiger charge is 2.28. The Balaban J connectivity index is 1.72. The molecular formula is C14H27NO2. The van der Waals surface area contributed by atoms with Gasteiger partial charge in [0.1, 0.15) is 0 Å². The quantitative estimate of drug-likeness (QED) is 0.816. The minimum atomic E-state index is -0.0427. The van der Waals surface area contributed by atoms with Crippen molar-refractivity contribution < 1.29 is 9.84 Å². The lowest BCUT2D eigenvalue weighted by atomic mass is 9.77. The molecule has 1 heterocycles. The van der Waals surface area contributed by atoms with Gasteiger partial charge in [-0.15, -0.1) is 0 Å². The van der Waals surface area contributed by atoms with E-state index in [1.54, 1.807) is 0 Å². The standard InChI is InChI=1S/C14H27NO2/c1-2-12-3-4-14(16)13(11-12)5-6-15-7-9-17-10-8-15/h12-14,16H,2-11H2,1H3. The zero-order valence-electron chi connectivity index (χ0n) is 11.1. The van der Waals surface area contributed by atoms with Crippen LogP contribution in [0.25, 0.3) is 0 Å². The summed E-state index contributed by atoms with van der Waals surface area (Å²) in [6.45, 7) is 7.32. The summed E-state index contributed by atoms with van der Waals surface area (Å²) in [4.78, 5) is 2.48. The van der Waals surface area contributed by atoms with Gasteiger partial charge >= 0.3 is 0 Å². The van der Waals surface area contributed by atoms with E-state index in [0.29, 0.717) is 5.92 Å². The van der Waals surface area contributed by atoms with Gasteiger partial charge in [-0.2, -0.15) is 0 Å². The summed E-state index contributed by atoms with van der Waals surface area (Å²) in [6.07, 6.45) is 5.89. The van der Waals surface area contributed by atoms with Crippen LogP contribution in [-0.2, 0) is 4.74 Å². The van der Waals surface area contributed by atoms with Crippen LogP contribution in [0.15, 0.2) is 0 Å². The number of hydrogen-bond donors (Lipinski definition) is 1. The van der Waals surface area contributed by atoms with Crippen molar-refractivity contribution in [2.75, 3.05) is 32.8 Å². The lowest BCUT2D eigenvalue weighted by Gasteiger charge is -2.35. The van der Waals surface area contributed by atoms with Gasteiger partial charge in [-0.05, 0) is 44.1 Å². The minimum absolute atomic E-state index is 0.0427. The van der Waals surface area contributed by atoms with Crippen molar-refractivity contribution >= 4 is 0 Å². The van der Waals surface area contributed by atoms with Gasteiger partial charge in [0.2, 0.25) is 0 Å². The number of hydrogen-bond acceptors (Lipinski definition) is 3. The van der Waals surface area contributed by atoms with Gasteiger partial charge in [0.15, 0.2) is 0 Å². The van der Waals surface area contributed by atoms with E-state index in [2.05, 4.69) is 11.8 Å². The van der Waals surface area contributed by atoms with Crippen LogP contribution in [0.1, 0.15) is 39.0 Å². The van der Waals surface area contributed by atoms with Crippen LogP contribution in [0.5, 0.6) is 0 Å². The maximum absolute atomic E-state index is 10.1. The van der Waals surface area contributed by atoms with Crippen molar-refractivity contribution in [2.24, 2.45) is 11.8 Å². The predicted octanol–water partition coefficient (Wildman–Crippen LogP) is 1.90. The lowest BCUT2D eigenvalue weighted by Crippen LogP contribution is -2.39. The molecule has 1 aliphatic heterocycles. The number of aliphatic hydroxyl groups excluding tert-OH is 1. The van der Waals surface area contributed by atoms with Crippen molar-refractivity contribution in [3.63, 3.8) is 0 Å². The molecule has 1 aliphatic carbocycles. The first-order chi connectivity index (χ1) is 8.29. The fourth-order valence-corrected chi connectivity index (χ4v) is 3.20. The number of nitrogens with zero attached hydrogens (tertiary/aromatic N) is 1. The third kappa shape index (κ3) is 3.94. The van der Waals surface area contributed by atoms with Gasteiger partial charge in [-0.25, -0.2) is 0 Å². The van der Waals surface area contributed by atoms with E-state index in [4.69, 9.17) is 4.74 Å². The molecule has 0 aromatic carbocycles. The van der Waals surface area contributed by atoms with Crippen LogP contribution in [0.3, 0.4) is 0 Å². The Morgan fingerprint density at radius 1 is 1.24 bits per heavy atom. The highest BCUT2D eigenvalue weighted by Crippen LogP contribution is 2.33. The SMILES string of the molecule is CCC1CCC(O)C(CCN2CCOCC2)C1. The van der Waals surface area contributed by atoms with E-state index >= 15 is 0 Å². The van der Waals surface area contributed by atoms with Crippen LogP contribution in [0.2, 0.25) is 0 Å². The van der Waals surface area contributed by atoms with E-state index in [0.717, 1.165) is 51.6 Å². The van der Waals surface area contributed by atoms with Crippen molar-refractivity contribution in [3.8, 4) is 0 Å². The van der Waals surface area contributed by atoms with E-state index in [9.17, 15) is 5.11 Å². The molecule has 3 nitrogen and oxygen atoms in total. The van der Waals surface area contributed by atoms with Gasteiger partial charge in [-0.1, -0.05) is 13.3 Å². The summed E-state index contributed by atoms with van der Waals surface area (Å²) in [5.74, 6) is 1.39. The van der Waals surface area contributed by atoms with E-state index < -0.39 is 0 Å². The maximum atomic E-state index is 10.1. The van der Waals surface area contributed by atoms with Crippen molar-refractivity contribution in [2.45, 2.75) is 45.1 Å². The average Bonchev–Trinajstić information content (AvgIpc) is 2.39. The molecule has 3 atom stereocenters. The second kappa shape index (κ2) is 6.72. The molecule has 2 fully saturated rings. The molecule has 1 saturated heterocycles.